The molecule has 0 saturated heterocycles. The SMILES string of the molecule is Cc1ccc(Cn2c(NCC(C)C)nc3c2c(=O)[nH]c(=O)n3C)cc1. The van der Waals surface area contributed by atoms with E-state index in [2.05, 4.69) is 29.1 Å². The number of benzene rings is 1. The second-order valence-electron chi connectivity index (χ2n) is 6.77. The Morgan fingerprint density at radius 3 is 2.52 bits per heavy atom. The Labute approximate surface area is 145 Å². The van der Waals surface area contributed by atoms with E-state index in [1.54, 1.807) is 7.05 Å². The highest BCUT2D eigenvalue weighted by molar-refractivity contribution is 5.74. The van der Waals surface area contributed by atoms with Gasteiger partial charge in [0.05, 0.1) is 6.54 Å². The van der Waals surface area contributed by atoms with Crippen LogP contribution in [0.3, 0.4) is 0 Å². The lowest BCUT2D eigenvalue weighted by Gasteiger charge is -2.12. The van der Waals surface area contributed by atoms with Gasteiger partial charge in [-0.1, -0.05) is 43.7 Å². The molecule has 3 rings (SSSR count). The van der Waals surface area contributed by atoms with Gasteiger partial charge in [-0.15, -0.1) is 0 Å². The molecule has 2 N–H and O–H groups in total. The molecule has 0 radical (unpaired) electrons. The standard InChI is InChI=1S/C18H23N5O2/c1-11(2)9-19-17-20-15-14(16(24)21-18(25)22(15)4)23(17)10-13-7-5-12(3)6-8-13/h5-8,11H,9-10H2,1-4H3,(H,19,20)(H,21,24,25). The van der Waals surface area contributed by atoms with Crippen LogP contribution >= 0.6 is 0 Å². The molecule has 7 nitrogen and oxygen atoms in total. The van der Waals surface area contributed by atoms with Crippen LogP contribution in [0.5, 0.6) is 0 Å². The number of nitrogens with zero attached hydrogens (tertiary/aromatic N) is 3. The molecular weight excluding hydrogens is 318 g/mol. The molecule has 0 saturated carbocycles. The summed E-state index contributed by atoms with van der Waals surface area (Å²) in [4.78, 5) is 31.2. The summed E-state index contributed by atoms with van der Waals surface area (Å²) in [6.07, 6.45) is 0. The normalized spacial score (nSPS) is 11.4. The fraction of sp³-hybridized carbons (Fsp3) is 0.389. The van der Waals surface area contributed by atoms with Crippen molar-refractivity contribution in [2.24, 2.45) is 13.0 Å². The molecule has 0 unspecified atom stereocenters. The summed E-state index contributed by atoms with van der Waals surface area (Å²) in [7, 11) is 1.61. The number of aromatic amines is 1. The van der Waals surface area contributed by atoms with Gasteiger partial charge in [-0.3, -0.25) is 18.9 Å². The maximum absolute atomic E-state index is 12.4. The molecule has 132 valence electrons. The Morgan fingerprint density at radius 2 is 1.88 bits per heavy atom. The van der Waals surface area contributed by atoms with Gasteiger partial charge in [0.2, 0.25) is 5.95 Å². The predicted octanol–water partition coefficient (Wildman–Crippen LogP) is 1.85. The van der Waals surface area contributed by atoms with Crippen molar-refractivity contribution in [2.45, 2.75) is 27.3 Å². The van der Waals surface area contributed by atoms with E-state index in [0.29, 0.717) is 29.6 Å². The fourth-order valence-corrected chi connectivity index (χ4v) is 2.69. The van der Waals surface area contributed by atoms with E-state index in [1.807, 2.05) is 35.8 Å². The summed E-state index contributed by atoms with van der Waals surface area (Å²) in [5, 5.41) is 3.29. The van der Waals surface area contributed by atoms with Gasteiger partial charge in [0.1, 0.15) is 0 Å². The van der Waals surface area contributed by atoms with Crippen LogP contribution in [0.25, 0.3) is 11.2 Å². The summed E-state index contributed by atoms with van der Waals surface area (Å²) >= 11 is 0. The minimum absolute atomic E-state index is 0.382. The fourth-order valence-electron chi connectivity index (χ4n) is 2.69. The van der Waals surface area contributed by atoms with Crippen LogP contribution in [0.2, 0.25) is 0 Å². The molecule has 0 atom stereocenters. The minimum Gasteiger partial charge on any atom is -0.355 e. The zero-order chi connectivity index (χ0) is 18.1. The number of hydrogen-bond acceptors (Lipinski definition) is 4. The highest BCUT2D eigenvalue weighted by atomic mass is 16.2. The second kappa shape index (κ2) is 6.58. The Hall–Kier alpha value is -2.83. The molecule has 3 aromatic rings. The van der Waals surface area contributed by atoms with Crippen LogP contribution < -0.4 is 16.6 Å². The molecule has 2 aromatic heterocycles. The number of anilines is 1. The lowest BCUT2D eigenvalue weighted by molar-refractivity contribution is 0.678. The van der Waals surface area contributed by atoms with Gasteiger partial charge in [-0.05, 0) is 18.4 Å². The Morgan fingerprint density at radius 1 is 1.20 bits per heavy atom. The average molecular weight is 341 g/mol. The molecule has 0 aliphatic heterocycles. The van der Waals surface area contributed by atoms with E-state index in [-0.39, 0.29) is 0 Å². The monoisotopic (exact) mass is 341 g/mol. The lowest BCUT2D eigenvalue weighted by Crippen LogP contribution is -2.29. The molecule has 2 heterocycles. The molecule has 0 fully saturated rings. The van der Waals surface area contributed by atoms with Crippen molar-refractivity contribution in [2.75, 3.05) is 11.9 Å². The van der Waals surface area contributed by atoms with Crippen LogP contribution in [0.15, 0.2) is 33.9 Å². The van der Waals surface area contributed by atoms with E-state index in [4.69, 9.17) is 0 Å². The summed E-state index contributed by atoms with van der Waals surface area (Å²) in [6.45, 7) is 7.46. The van der Waals surface area contributed by atoms with Gasteiger partial charge >= 0.3 is 5.69 Å². The number of H-pyrrole nitrogens is 1. The van der Waals surface area contributed by atoms with Crippen molar-refractivity contribution in [1.82, 2.24) is 19.1 Å². The Bertz CT molecular complexity index is 1010. The van der Waals surface area contributed by atoms with Crippen molar-refractivity contribution >= 4 is 17.1 Å². The van der Waals surface area contributed by atoms with E-state index in [1.165, 1.54) is 10.1 Å². The van der Waals surface area contributed by atoms with Crippen molar-refractivity contribution in [3.63, 3.8) is 0 Å². The summed E-state index contributed by atoms with van der Waals surface area (Å²) in [5.74, 6) is 1.02. The average Bonchev–Trinajstić information content (AvgIpc) is 2.92. The van der Waals surface area contributed by atoms with Gasteiger partial charge in [-0.25, -0.2) is 4.79 Å². The zero-order valence-electron chi connectivity index (χ0n) is 15.0. The van der Waals surface area contributed by atoms with E-state index < -0.39 is 11.2 Å². The number of fused-ring (bicyclic) bond motifs is 1. The van der Waals surface area contributed by atoms with E-state index in [9.17, 15) is 9.59 Å². The topological polar surface area (TPSA) is 84.7 Å². The number of hydrogen-bond donors (Lipinski definition) is 2. The van der Waals surface area contributed by atoms with Gasteiger partial charge in [0, 0.05) is 13.6 Å². The summed E-state index contributed by atoms with van der Waals surface area (Å²) in [6, 6.07) is 8.14. The van der Waals surface area contributed by atoms with Crippen LogP contribution in [-0.2, 0) is 13.6 Å². The molecule has 0 aliphatic rings. The van der Waals surface area contributed by atoms with Crippen LogP contribution in [0.1, 0.15) is 25.0 Å². The third-order valence-electron chi connectivity index (χ3n) is 4.14. The van der Waals surface area contributed by atoms with E-state index in [0.717, 1.165) is 12.1 Å². The maximum Gasteiger partial charge on any atom is 0.329 e. The summed E-state index contributed by atoms with van der Waals surface area (Å²) < 4.78 is 3.20. The highest BCUT2D eigenvalue weighted by Gasteiger charge is 2.17. The van der Waals surface area contributed by atoms with Crippen molar-refractivity contribution in [1.29, 1.82) is 0 Å². The lowest BCUT2D eigenvalue weighted by atomic mass is 10.1. The predicted molar refractivity (Wildman–Crippen MR) is 99.2 cm³/mol. The van der Waals surface area contributed by atoms with Crippen molar-refractivity contribution in [3.8, 4) is 0 Å². The Kier molecular flexibility index (Phi) is 4.48. The quantitative estimate of drug-likeness (QED) is 0.742. The first-order valence-corrected chi connectivity index (χ1v) is 8.35. The van der Waals surface area contributed by atoms with Gasteiger partial charge in [0.15, 0.2) is 11.2 Å². The number of nitrogens with one attached hydrogen (secondary N) is 2. The first kappa shape index (κ1) is 17.0. The van der Waals surface area contributed by atoms with Crippen molar-refractivity contribution in [3.05, 3.63) is 56.2 Å². The first-order chi connectivity index (χ1) is 11.9. The second-order valence-corrected chi connectivity index (χ2v) is 6.77. The minimum atomic E-state index is -0.465. The third-order valence-corrected chi connectivity index (χ3v) is 4.14. The van der Waals surface area contributed by atoms with Gasteiger partial charge < -0.3 is 5.32 Å². The molecule has 0 spiro atoms. The largest absolute Gasteiger partial charge is 0.355 e. The number of aryl methyl sites for hydroxylation is 2. The zero-order valence-corrected chi connectivity index (χ0v) is 15.0. The summed E-state index contributed by atoms with van der Waals surface area (Å²) in [5.41, 5.74) is 2.13. The van der Waals surface area contributed by atoms with Gasteiger partial charge in [0.25, 0.3) is 5.56 Å². The molecule has 25 heavy (non-hydrogen) atoms. The smallest absolute Gasteiger partial charge is 0.329 e. The number of imidazole rings is 1. The number of rotatable bonds is 5. The van der Waals surface area contributed by atoms with Crippen LogP contribution in [-0.4, -0.2) is 25.6 Å². The van der Waals surface area contributed by atoms with Crippen LogP contribution in [0.4, 0.5) is 5.95 Å². The van der Waals surface area contributed by atoms with E-state index >= 15 is 0 Å². The molecule has 7 heteroatoms. The third kappa shape index (κ3) is 3.35. The Balaban J connectivity index is 2.16. The molecular formula is C18H23N5O2. The molecule has 0 amide bonds. The molecule has 0 bridgehead atoms. The maximum atomic E-state index is 12.4. The first-order valence-electron chi connectivity index (χ1n) is 8.35. The molecule has 0 aliphatic carbocycles. The number of aromatic nitrogens is 4. The molecule has 1 aromatic carbocycles. The van der Waals surface area contributed by atoms with Crippen molar-refractivity contribution < 1.29 is 0 Å². The van der Waals surface area contributed by atoms with Crippen LogP contribution in [0, 0.1) is 12.8 Å². The highest BCUT2D eigenvalue weighted by Crippen LogP contribution is 2.18. The van der Waals surface area contributed by atoms with Gasteiger partial charge in [-0.2, -0.15) is 4.98 Å².